The van der Waals surface area contributed by atoms with E-state index >= 15 is 0 Å². The Morgan fingerprint density at radius 2 is 2.00 bits per heavy atom. The summed E-state index contributed by atoms with van der Waals surface area (Å²) in [5.74, 6) is 6.48. The molecule has 1 aromatic carbocycles. The highest BCUT2D eigenvalue weighted by atomic mass is 32.1. The van der Waals surface area contributed by atoms with Crippen molar-refractivity contribution in [1.29, 1.82) is 0 Å². The van der Waals surface area contributed by atoms with Crippen molar-refractivity contribution in [3.8, 4) is 11.8 Å². The van der Waals surface area contributed by atoms with Crippen LogP contribution in [0.25, 0.3) is 0 Å². The van der Waals surface area contributed by atoms with E-state index in [1.54, 1.807) is 11.3 Å². The second kappa shape index (κ2) is 8.57. The van der Waals surface area contributed by atoms with Crippen molar-refractivity contribution < 1.29 is 14.3 Å². The van der Waals surface area contributed by atoms with Gasteiger partial charge in [0, 0.05) is 17.5 Å². The van der Waals surface area contributed by atoms with Gasteiger partial charge in [-0.3, -0.25) is 0 Å². The molecule has 140 valence electrons. The van der Waals surface area contributed by atoms with Crippen LogP contribution in [0.15, 0.2) is 47.2 Å². The zero-order chi connectivity index (χ0) is 18.5. The fourth-order valence-electron chi connectivity index (χ4n) is 3.44. The largest absolute Gasteiger partial charge is 0.372 e. The van der Waals surface area contributed by atoms with Gasteiger partial charge in [-0.1, -0.05) is 42.2 Å². The molecular formula is C21H22N2O3S. The predicted octanol–water partition coefficient (Wildman–Crippen LogP) is 2.42. The van der Waals surface area contributed by atoms with Gasteiger partial charge in [0.15, 0.2) is 0 Å². The normalized spacial score (nSPS) is 26.1. The number of carbonyl (C=O) groups is 1. The lowest BCUT2D eigenvalue weighted by Crippen LogP contribution is -2.48. The van der Waals surface area contributed by atoms with Crippen LogP contribution >= 0.6 is 11.3 Å². The van der Waals surface area contributed by atoms with Crippen LogP contribution in [-0.2, 0) is 15.9 Å². The molecule has 0 spiro atoms. The highest BCUT2D eigenvalue weighted by Crippen LogP contribution is 2.31. The van der Waals surface area contributed by atoms with E-state index in [1.807, 2.05) is 35.0 Å². The Hall–Kier alpha value is -2.33. The molecule has 2 N–H and O–H groups in total. The molecule has 0 aliphatic carbocycles. The van der Waals surface area contributed by atoms with Crippen LogP contribution < -0.4 is 10.6 Å². The maximum absolute atomic E-state index is 12.2. The van der Waals surface area contributed by atoms with E-state index < -0.39 is 0 Å². The summed E-state index contributed by atoms with van der Waals surface area (Å²) in [6.07, 6.45) is 0.593. The molecule has 1 aromatic heterocycles. The average molecular weight is 382 g/mol. The van der Waals surface area contributed by atoms with E-state index in [-0.39, 0.29) is 30.2 Å². The van der Waals surface area contributed by atoms with Gasteiger partial charge in [-0.25, -0.2) is 4.79 Å². The Bertz CT molecular complexity index is 813. The van der Waals surface area contributed by atoms with Crippen LogP contribution in [0.2, 0.25) is 0 Å². The van der Waals surface area contributed by atoms with E-state index in [0.29, 0.717) is 19.8 Å². The lowest BCUT2D eigenvalue weighted by Gasteiger charge is -2.17. The molecule has 2 aromatic rings. The van der Waals surface area contributed by atoms with E-state index in [1.165, 1.54) is 5.56 Å². The summed E-state index contributed by atoms with van der Waals surface area (Å²) in [6, 6.07) is 11.8. The van der Waals surface area contributed by atoms with Gasteiger partial charge >= 0.3 is 6.03 Å². The Morgan fingerprint density at radius 3 is 2.81 bits per heavy atom. The standard InChI is InChI=1S/C21H22N2O3S/c24-21(22-10-8-15-4-2-1-3-5-15)23-18-13-26-19-17(12-25-20(18)19)7-6-16-9-11-27-14-16/h1-5,9,11,14,17-20H,8,10,12-13H2,(H2,22,23,24)/t17-,18-,19+,20+/m0/s1. The predicted molar refractivity (Wildman–Crippen MR) is 105 cm³/mol. The van der Waals surface area contributed by atoms with Crippen molar-refractivity contribution in [2.75, 3.05) is 19.8 Å². The monoisotopic (exact) mass is 382 g/mol. The lowest BCUT2D eigenvalue weighted by molar-refractivity contribution is 0.0665. The Morgan fingerprint density at radius 1 is 1.15 bits per heavy atom. The Balaban J connectivity index is 1.24. The molecule has 5 nitrogen and oxygen atoms in total. The number of urea groups is 1. The smallest absolute Gasteiger partial charge is 0.315 e. The van der Waals surface area contributed by atoms with E-state index in [0.717, 1.165) is 12.0 Å². The molecule has 4 rings (SSSR count). The number of carbonyl (C=O) groups excluding carboxylic acids is 1. The molecule has 6 heteroatoms. The number of amides is 2. The summed E-state index contributed by atoms with van der Waals surface area (Å²) < 4.78 is 11.8. The molecular weight excluding hydrogens is 360 g/mol. The van der Waals surface area contributed by atoms with Gasteiger partial charge in [-0.05, 0) is 23.4 Å². The van der Waals surface area contributed by atoms with Crippen LogP contribution in [0.4, 0.5) is 4.79 Å². The van der Waals surface area contributed by atoms with Gasteiger partial charge in [0.05, 0.1) is 25.2 Å². The number of benzene rings is 1. The number of hydrogen-bond acceptors (Lipinski definition) is 4. The minimum Gasteiger partial charge on any atom is -0.372 e. The Labute approximate surface area is 163 Å². The molecule has 0 unspecified atom stereocenters. The number of ether oxygens (including phenoxy) is 2. The molecule has 2 saturated heterocycles. The summed E-state index contributed by atoms with van der Waals surface area (Å²) in [5.41, 5.74) is 2.22. The summed E-state index contributed by atoms with van der Waals surface area (Å²) in [7, 11) is 0. The number of thiophene rings is 1. The third-order valence-electron chi connectivity index (χ3n) is 4.84. The minimum atomic E-state index is -0.184. The lowest BCUT2D eigenvalue weighted by atomic mass is 10.0. The quantitative estimate of drug-likeness (QED) is 0.799. The van der Waals surface area contributed by atoms with Crippen LogP contribution in [-0.4, -0.2) is 44.0 Å². The van der Waals surface area contributed by atoms with Gasteiger partial charge in [-0.2, -0.15) is 11.3 Å². The Kier molecular flexibility index (Phi) is 5.73. The van der Waals surface area contributed by atoms with E-state index in [9.17, 15) is 4.79 Å². The second-order valence-electron chi connectivity index (χ2n) is 6.73. The van der Waals surface area contributed by atoms with Crippen LogP contribution in [0, 0.1) is 17.8 Å². The zero-order valence-electron chi connectivity index (χ0n) is 14.9. The molecule has 2 fully saturated rings. The number of nitrogens with one attached hydrogen (secondary N) is 2. The average Bonchev–Trinajstić information content (AvgIpc) is 3.40. The second-order valence-corrected chi connectivity index (χ2v) is 7.51. The van der Waals surface area contributed by atoms with Crippen molar-refractivity contribution in [2.24, 2.45) is 5.92 Å². The number of rotatable bonds is 4. The first-order valence-electron chi connectivity index (χ1n) is 9.15. The molecule has 0 saturated carbocycles. The molecule has 2 amide bonds. The fraction of sp³-hybridized carbons (Fsp3) is 0.381. The third kappa shape index (κ3) is 4.51. The number of hydrogen-bond donors (Lipinski definition) is 2. The highest BCUT2D eigenvalue weighted by molar-refractivity contribution is 7.08. The first-order chi connectivity index (χ1) is 13.3. The summed E-state index contributed by atoms with van der Waals surface area (Å²) >= 11 is 1.63. The van der Waals surface area contributed by atoms with Crippen molar-refractivity contribution in [3.05, 3.63) is 58.3 Å². The van der Waals surface area contributed by atoms with Gasteiger partial charge in [0.2, 0.25) is 0 Å². The molecule has 27 heavy (non-hydrogen) atoms. The van der Waals surface area contributed by atoms with Gasteiger partial charge < -0.3 is 20.1 Å². The van der Waals surface area contributed by atoms with E-state index in [2.05, 4.69) is 34.6 Å². The van der Waals surface area contributed by atoms with Crippen molar-refractivity contribution in [1.82, 2.24) is 10.6 Å². The molecule has 4 atom stereocenters. The first-order valence-corrected chi connectivity index (χ1v) is 10.1. The number of fused-ring (bicyclic) bond motifs is 1. The van der Waals surface area contributed by atoms with Crippen molar-refractivity contribution in [3.63, 3.8) is 0 Å². The highest BCUT2D eigenvalue weighted by Gasteiger charge is 2.47. The minimum absolute atomic E-state index is 0.0443. The maximum Gasteiger partial charge on any atom is 0.315 e. The van der Waals surface area contributed by atoms with Crippen LogP contribution in [0.3, 0.4) is 0 Å². The van der Waals surface area contributed by atoms with Gasteiger partial charge in [-0.15, -0.1) is 0 Å². The zero-order valence-corrected chi connectivity index (χ0v) is 15.7. The summed E-state index contributed by atoms with van der Waals surface area (Å²) in [4.78, 5) is 12.2. The molecule has 2 aliphatic rings. The van der Waals surface area contributed by atoms with Crippen LogP contribution in [0.1, 0.15) is 11.1 Å². The first kappa shape index (κ1) is 18.1. The third-order valence-corrected chi connectivity index (χ3v) is 5.52. The molecule has 0 bridgehead atoms. The van der Waals surface area contributed by atoms with Gasteiger partial charge in [0.25, 0.3) is 0 Å². The topological polar surface area (TPSA) is 59.6 Å². The SMILES string of the molecule is O=C(NCCc1ccccc1)N[C@H]1CO[C@H]2[C@@H]1OC[C@@H]2C#Cc1ccsc1. The van der Waals surface area contributed by atoms with Crippen molar-refractivity contribution >= 4 is 17.4 Å². The summed E-state index contributed by atoms with van der Waals surface area (Å²) in [5, 5.41) is 9.93. The fourth-order valence-corrected chi connectivity index (χ4v) is 4.03. The van der Waals surface area contributed by atoms with Crippen LogP contribution in [0.5, 0.6) is 0 Å². The van der Waals surface area contributed by atoms with Gasteiger partial charge in [0.1, 0.15) is 12.2 Å². The molecule has 2 aliphatic heterocycles. The van der Waals surface area contributed by atoms with Crippen molar-refractivity contribution in [2.45, 2.75) is 24.7 Å². The molecule has 0 radical (unpaired) electrons. The maximum atomic E-state index is 12.2. The summed E-state index contributed by atoms with van der Waals surface area (Å²) in [6.45, 7) is 1.59. The molecule has 3 heterocycles. The van der Waals surface area contributed by atoms with E-state index in [4.69, 9.17) is 9.47 Å².